The highest BCUT2D eigenvalue weighted by Crippen LogP contribution is 2.40. The summed E-state index contributed by atoms with van der Waals surface area (Å²) in [6.07, 6.45) is 8.92. The van der Waals surface area contributed by atoms with E-state index in [4.69, 9.17) is 39.0 Å². The fourth-order valence-electron chi connectivity index (χ4n) is 9.33. The summed E-state index contributed by atoms with van der Waals surface area (Å²) < 4.78 is 15.8. The van der Waals surface area contributed by atoms with Crippen molar-refractivity contribution < 1.29 is 48.6 Å². The quantitative estimate of drug-likeness (QED) is 0.0459. The van der Waals surface area contributed by atoms with Gasteiger partial charge in [-0.25, -0.2) is 19.4 Å². The Labute approximate surface area is 392 Å². The summed E-state index contributed by atoms with van der Waals surface area (Å²) in [6, 6.07) is 8.46. The maximum Gasteiger partial charge on any atom is 0.355 e. The van der Waals surface area contributed by atoms with E-state index >= 15 is 0 Å². The molecule has 1 saturated heterocycles. The van der Waals surface area contributed by atoms with Gasteiger partial charge in [-0.05, 0) is 152 Å². The first-order valence-electron chi connectivity index (χ1n) is 24.0. The largest absolute Gasteiger partial charge is 0.539 e. The summed E-state index contributed by atoms with van der Waals surface area (Å²) >= 11 is 0. The van der Waals surface area contributed by atoms with Gasteiger partial charge < -0.3 is 49.2 Å². The monoisotopic (exact) mass is 921 g/mol. The molecule has 1 aliphatic heterocycles. The lowest BCUT2D eigenvalue weighted by molar-refractivity contribution is -0.334. The number of nitrogens with one attached hydrogen (secondary N) is 5. The van der Waals surface area contributed by atoms with Gasteiger partial charge in [-0.15, -0.1) is 0 Å². The molecule has 0 saturated carbocycles. The van der Waals surface area contributed by atoms with Gasteiger partial charge in [-0.1, -0.05) is 55.4 Å². The zero-order valence-electron chi connectivity index (χ0n) is 40.9. The summed E-state index contributed by atoms with van der Waals surface area (Å²) in [5.74, 6) is -4.64. The number of aromatic nitrogens is 6. The van der Waals surface area contributed by atoms with Crippen molar-refractivity contribution in [1.82, 2.24) is 24.9 Å². The fraction of sp³-hybridized carbons (Fsp3) is 0.462. The Morgan fingerprint density at radius 1 is 0.567 bits per heavy atom. The molecule has 6 aromatic rings. The van der Waals surface area contributed by atoms with Crippen molar-refractivity contribution in [2.75, 3.05) is 26.4 Å². The molecule has 67 heavy (non-hydrogen) atoms. The van der Waals surface area contributed by atoms with Crippen LogP contribution in [0.5, 0.6) is 0 Å². The summed E-state index contributed by atoms with van der Waals surface area (Å²) in [5.41, 5.74) is 18.9. The third-order valence-corrected chi connectivity index (χ3v) is 12.3. The maximum absolute atomic E-state index is 13.1. The molecular formula is C52H68N6O9. The third kappa shape index (κ3) is 10.9. The number of nitrogens with zero attached hydrogens (tertiary/aromatic N) is 1. The molecule has 7 heterocycles. The maximum atomic E-state index is 13.1. The molecule has 1 aliphatic rings. The van der Waals surface area contributed by atoms with Crippen LogP contribution in [0, 0.1) is 0 Å². The molecule has 15 heteroatoms. The number of carbonyl (C=O) groups is 4. The Morgan fingerprint density at radius 3 is 1.33 bits per heavy atom. The molecule has 360 valence electrons. The number of rotatable bonds is 16. The molecule has 0 aliphatic carbocycles. The van der Waals surface area contributed by atoms with Crippen LogP contribution in [0.25, 0.3) is 56.6 Å². The minimum absolute atomic E-state index is 0.312. The highest BCUT2D eigenvalue weighted by Gasteiger charge is 2.29. The van der Waals surface area contributed by atoms with E-state index in [0.717, 1.165) is 143 Å². The Balaban J connectivity index is 0.000000675. The first-order valence-corrected chi connectivity index (χ1v) is 24.0. The standard InChI is InChI=1S/C46H58N6O4.C4H8O.C2H2O4/c1-11-26-28(13-3)38(40-30(15-5)32(17-7)42(51-40)45(53)55-19-9)49-36(26)34-23-21-25-22-24-35(48-44(25)47-34)37-27(12-2)29(14-4)39(50-37)41-31(16-6)33(18-8)43(52-41)46(54)56-20-10;1-2-4-5-3-1;3-1(4)2(5)6/h21-24,49-52H,11-20H2,1-10H3;1-4H2;(H,3,4)(H,5,6). The molecule has 6 N–H and O–H groups in total. The summed E-state index contributed by atoms with van der Waals surface area (Å²) in [4.78, 5) is 67.7. The van der Waals surface area contributed by atoms with Crippen molar-refractivity contribution in [2.45, 2.75) is 133 Å². The zero-order chi connectivity index (χ0) is 48.9. The Bertz CT molecular complexity index is 2510. The van der Waals surface area contributed by atoms with Gasteiger partial charge in [0, 0.05) is 13.2 Å². The molecule has 0 spiro atoms. The van der Waals surface area contributed by atoms with Gasteiger partial charge >= 0.3 is 23.6 Å². The molecule has 0 aromatic carbocycles. The predicted octanol–water partition coefficient (Wildman–Crippen LogP) is 8.50. The van der Waals surface area contributed by atoms with E-state index in [1.165, 1.54) is 35.1 Å². The van der Waals surface area contributed by atoms with Gasteiger partial charge in [0.25, 0.3) is 0 Å². The minimum atomic E-state index is -2.07. The SMILES string of the molecule is C1CCOC1.CCOC(=O)c1[nH]c(-c2[nH]c(-c3ccc4ccc(-c5[nH]c(-c6[nH]c(C(=O)OCC)c(CC)c6CC)c(CC)c5CC)[nH+]c4n3)c(CC)c2CC)c(CC)c1CC.O=C([O-])C(=O)O. The van der Waals surface area contributed by atoms with Crippen molar-refractivity contribution in [3.05, 3.63) is 80.2 Å². The van der Waals surface area contributed by atoms with Crippen LogP contribution >= 0.6 is 0 Å². The number of carbonyl (C=O) groups excluding carboxylic acids is 3. The third-order valence-electron chi connectivity index (χ3n) is 12.3. The first kappa shape index (κ1) is 51.5. The van der Waals surface area contributed by atoms with Gasteiger partial charge in [0.1, 0.15) is 17.1 Å². The molecule has 15 nitrogen and oxygen atoms in total. The van der Waals surface area contributed by atoms with Crippen LogP contribution in [0.2, 0.25) is 0 Å². The molecule has 0 bridgehead atoms. The Kier molecular flexibility index (Phi) is 18.3. The molecule has 0 radical (unpaired) electrons. The minimum Gasteiger partial charge on any atom is -0.539 e. The first-order chi connectivity index (χ1) is 32.3. The van der Waals surface area contributed by atoms with E-state index < -0.39 is 11.9 Å². The number of esters is 2. The summed E-state index contributed by atoms with van der Waals surface area (Å²) in [7, 11) is 0. The number of fused-ring (bicyclic) bond motifs is 1. The normalized spacial score (nSPS) is 12.1. The average Bonchev–Trinajstić information content (AvgIpc) is 4.19. The van der Waals surface area contributed by atoms with E-state index in [-0.39, 0.29) is 11.9 Å². The van der Waals surface area contributed by atoms with Gasteiger partial charge in [0.05, 0.1) is 52.8 Å². The number of hydrogen-bond donors (Lipinski definition) is 5. The van der Waals surface area contributed by atoms with Crippen molar-refractivity contribution >= 4 is 34.9 Å². The number of carboxylic acid groups (broad SMARTS) is 2. The molecule has 7 rings (SSSR count). The number of pyridine rings is 2. The second-order valence-corrected chi connectivity index (χ2v) is 16.0. The van der Waals surface area contributed by atoms with Gasteiger partial charge in [-0.3, -0.25) is 0 Å². The van der Waals surface area contributed by atoms with E-state index in [0.29, 0.717) is 24.6 Å². The number of aliphatic carboxylic acids is 2. The van der Waals surface area contributed by atoms with Crippen LogP contribution in [0.3, 0.4) is 0 Å². The van der Waals surface area contributed by atoms with E-state index in [1.807, 2.05) is 13.8 Å². The van der Waals surface area contributed by atoms with Gasteiger partial charge in [0.15, 0.2) is 11.7 Å². The molecule has 6 aromatic heterocycles. The van der Waals surface area contributed by atoms with Crippen LogP contribution in [0.4, 0.5) is 0 Å². The molecule has 0 atom stereocenters. The zero-order valence-corrected chi connectivity index (χ0v) is 40.9. The number of H-pyrrole nitrogens is 5. The average molecular weight is 921 g/mol. The molecule has 1 fully saturated rings. The summed E-state index contributed by atoms with van der Waals surface area (Å²) in [6.45, 7) is 23.5. The van der Waals surface area contributed by atoms with Crippen LogP contribution in [0.1, 0.15) is 148 Å². The molecule has 0 unspecified atom stereocenters. The highest BCUT2D eigenvalue weighted by molar-refractivity contribution is 6.26. The van der Waals surface area contributed by atoms with Crippen molar-refractivity contribution in [2.24, 2.45) is 0 Å². The van der Waals surface area contributed by atoms with Crippen LogP contribution < -0.4 is 10.1 Å². The number of ether oxygens (including phenoxy) is 3. The second kappa shape index (κ2) is 23.8. The second-order valence-electron chi connectivity index (χ2n) is 16.0. The highest BCUT2D eigenvalue weighted by atomic mass is 16.5. The predicted molar refractivity (Wildman–Crippen MR) is 257 cm³/mol. The van der Waals surface area contributed by atoms with Gasteiger partial charge in [0.2, 0.25) is 0 Å². The topological polar surface area (TPSA) is 229 Å². The van der Waals surface area contributed by atoms with E-state index in [1.54, 1.807) is 0 Å². The number of aromatic amines is 5. The van der Waals surface area contributed by atoms with E-state index in [2.05, 4.69) is 105 Å². The van der Waals surface area contributed by atoms with Crippen LogP contribution in [-0.2, 0) is 75.2 Å². The van der Waals surface area contributed by atoms with Crippen LogP contribution in [-0.4, -0.2) is 80.3 Å². The number of hydrogen-bond acceptors (Lipinski definition) is 9. The lowest BCUT2D eigenvalue weighted by atomic mass is 9.97. The van der Waals surface area contributed by atoms with Crippen molar-refractivity contribution in [3.8, 4) is 45.6 Å². The Hall–Kier alpha value is -6.48. The molecular weight excluding hydrogens is 853 g/mol. The Morgan fingerprint density at radius 2 is 0.940 bits per heavy atom. The molecule has 0 amide bonds. The van der Waals surface area contributed by atoms with Crippen molar-refractivity contribution in [1.29, 1.82) is 0 Å². The smallest absolute Gasteiger partial charge is 0.355 e. The van der Waals surface area contributed by atoms with Gasteiger partial charge in [-0.2, -0.15) is 0 Å². The summed E-state index contributed by atoms with van der Waals surface area (Å²) in [5, 5.41) is 17.3. The lowest BCUT2D eigenvalue weighted by Crippen LogP contribution is -2.30. The fourth-order valence-corrected chi connectivity index (χ4v) is 9.33. The van der Waals surface area contributed by atoms with Crippen molar-refractivity contribution in [3.63, 3.8) is 0 Å². The van der Waals surface area contributed by atoms with Crippen LogP contribution in [0.15, 0.2) is 24.3 Å². The number of carboxylic acids is 2. The lowest BCUT2D eigenvalue weighted by Gasteiger charge is -2.06. The van der Waals surface area contributed by atoms with E-state index in [9.17, 15) is 9.59 Å².